The van der Waals surface area contributed by atoms with E-state index < -0.39 is 5.92 Å². The maximum Gasteiger partial charge on any atom is 0.237 e. The van der Waals surface area contributed by atoms with Crippen LogP contribution in [0.4, 0.5) is 5.69 Å². The minimum atomic E-state index is -0.414. The van der Waals surface area contributed by atoms with E-state index in [1.165, 1.54) is 11.0 Å². The first-order valence-corrected chi connectivity index (χ1v) is 8.20. The second-order valence-corrected chi connectivity index (χ2v) is 6.40. The summed E-state index contributed by atoms with van der Waals surface area (Å²) in [5.74, 6) is -0.170. The van der Waals surface area contributed by atoms with E-state index in [-0.39, 0.29) is 18.2 Å². The van der Waals surface area contributed by atoms with Crippen molar-refractivity contribution in [2.24, 2.45) is 5.92 Å². The molecule has 0 saturated carbocycles. The minimum Gasteiger partial charge on any atom is -0.496 e. The van der Waals surface area contributed by atoms with Crippen LogP contribution < -0.4 is 9.64 Å². The summed E-state index contributed by atoms with van der Waals surface area (Å²) >= 11 is 11.9. The molecule has 124 valence electrons. The van der Waals surface area contributed by atoms with Crippen molar-refractivity contribution in [1.29, 1.82) is 0 Å². The molecule has 2 aromatic carbocycles. The van der Waals surface area contributed by atoms with Gasteiger partial charge >= 0.3 is 0 Å². The Bertz CT molecular complexity index is 807. The molecule has 0 spiro atoms. The number of rotatable bonds is 4. The Labute approximate surface area is 149 Å². The average Bonchev–Trinajstić information content (AvgIpc) is 2.85. The quantitative estimate of drug-likeness (QED) is 0.767. The number of carbonyl (C=O) groups is 2. The van der Waals surface area contributed by atoms with Gasteiger partial charge in [0.25, 0.3) is 0 Å². The van der Waals surface area contributed by atoms with Crippen LogP contribution >= 0.6 is 23.2 Å². The van der Waals surface area contributed by atoms with Gasteiger partial charge in [-0.1, -0.05) is 41.4 Å². The number of halogens is 2. The Hall–Kier alpha value is -2.04. The minimum absolute atomic E-state index is 0.164. The Balaban J connectivity index is 1.85. The van der Waals surface area contributed by atoms with Gasteiger partial charge in [-0.05, 0) is 36.2 Å². The highest BCUT2D eigenvalue weighted by Crippen LogP contribution is 2.33. The summed E-state index contributed by atoms with van der Waals surface area (Å²) in [4.78, 5) is 26.2. The summed E-state index contributed by atoms with van der Waals surface area (Å²) in [6.07, 6.45) is 0.615. The lowest BCUT2D eigenvalue weighted by Gasteiger charge is -2.16. The van der Waals surface area contributed by atoms with Crippen molar-refractivity contribution in [2.75, 3.05) is 12.0 Å². The van der Waals surface area contributed by atoms with Crippen molar-refractivity contribution >= 4 is 40.7 Å². The number of hydrogen-bond acceptors (Lipinski definition) is 3. The third-order valence-corrected chi connectivity index (χ3v) is 4.80. The van der Waals surface area contributed by atoms with Crippen LogP contribution in [0.25, 0.3) is 0 Å². The molecule has 6 heteroatoms. The second kappa shape index (κ2) is 6.83. The number of hydrogen-bond donors (Lipinski definition) is 0. The standard InChI is InChI=1S/C18H15Cl2NO3/c1-24-16-5-3-2-4-11(16)8-12-9-17(22)21(18(12)23)13-6-7-14(19)15(20)10-13/h2-7,10,12H,8-9H2,1H3/t12-/m0/s1. The van der Waals surface area contributed by atoms with E-state index in [0.717, 1.165) is 5.56 Å². The molecule has 1 atom stereocenters. The molecule has 0 aromatic heterocycles. The molecule has 0 unspecified atom stereocenters. The first-order chi connectivity index (χ1) is 11.5. The molecule has 1 aliphatic heterocycles. The van der Waals surface area contributed by atoms with E-state index in [2.05, 4.69) is 0 Å². The molecular weight excluding hydrogens is 349 g/mol. The molecule has 24 heavy (non-hydrogen) atoms. The predicted molar refractivity (Wildman–Crippen MR) is 93.8 cm³/mol. The van der Waals surface area contributed by atoms with Crippen molar-refractivity contribution in [3.05, 3.63) is 58.1 Å². The van der Waals surface area contributed by atoms with Crippen LogP contribution in [-0.4, -0.2) is 18.9 Å². The van der Waals surface area contributed by atoms with Gasteiger partial charge in [0.1, 0.15) is 5.75 Å². The van der Waals surface area contributed by atoms with Crippen LogP contribution in [0.1, 0.15) is 12.0 Å². The Morgan fingerprint density at radius 3 is 2.58 bits per heavy atom. The number of para-hydroxylation sites is 1. The molecule has 4 nitrogen and oxygen atoms in total. The fourth-order valence-electron chi connectivity index (χ4n) is 2.89. The van der Waals surface area contributed by atoms with E-state index in [1.54, 1.807) is 19.2 Å². The van der Waals surface area contributed by atoms with Gasteiger partial charge in [0.05, 0.1) is 28.8 Å². The lowest BCUT2D eigenvalue weighted by molar-refractivity contribution is -0.122. The molecule has 2 amide bonds. The van der Waals surface area contributed by atoms with Gasteiger partial charge in [-0.15, -0.1) is 0 Å². The highest BCUT2D eigenvalue weighted by molar-refractivity contribution is 6.42. The predicted octanol–water partition coefficient (Wildman–Crippen LogP) is 4.12. The van der Waals surface area contributed by atoms with Gasteiger partial charge < -0.3 is 4.74 Å². The monoisotopic (exact) mass is 363 g/mol. The zero-order chi connectivity index (χ0) is 17.3. The molecule has 1 saturated heterocycles. The largest absolute Gasteiger partial charge is 0.496 e. The smallest absolute Gasteiger partial charge is 0.237 e. The van der Waals surface area contributed by atoms with Gasteiger partial charge in [0.15, 0.2) is 0 Å². The molecule has 2 aromatic rings. The van der Waals surface area contributed by atoms with Gasteiger partial charge in [-0.3, -0.25) is 14.5 Å². The molecule has 1 heterocycles. The molecule has 0 radical (unpaired) electrons. The Morgan fingerprint density at radius 1 is 1.12 bits per heavy atom. The van der Waals surface area contributed by atoms with Crippen molar-refractivity contribution in [2.45, 2.75) is 12.8 Å². The van der Waals surface area contributed by atoms with Crippen LogP contribution in [0.15, 0.2) is 42.5 Å². The van der Waals surface area contributed by atoms with Crippen molar-refractivity contribution in [3.8, 4) is 5.75 Å². The topological polar surface area (TPSA) is 46.6 Å². The number of nitrogens with zero attached hydrogens (tertiary/aromatic N) is 1. The number of ether oxygens (including phenoxy) is 1. The second-order valence-electron chi connectivity index (χ2n) is 5.58. The van der Waals surface area contributed by atoms with Gasteiger partial charge in [-0.25, -0.2) is 0 Å². The number of imide groups is 1. The van der Waals surface area contributed by atoms with Crippen molar-refractivity contribution < 1.29 is 14.3 Å². The third kappa shape index (κ3) is 3.12. The zero-order valence-electron chi connectivity index (χ0n) is 13.0. The van der Waals surface area contributed by atoms with E-state index in [0.29, 0.717) is 27.9 Å². The first-order valence-electron chi connectivity index (χ1n) is 7.45. The van der Waals surface area contributed by atoms with Crippen molar-refractivity contribution in [1.82, 2.24) is 0 Å². The number of methoxy groups -OCH3 is 1. The SMILES string of the molecule is COc1ccccc1C[C@H]1CC(=O)N(c2ccc(Cl)c(Cl)c2)C1=O. The lowest BCUT2D eigenvalue weighted by Crippen LogP contribution is -2.30. The molecule has 1 fully saturated rings. The molecule has 0 aliphatic carbocycles. The highest BCUT2D eigenvalue weighted by atomic mass is 35.5. The summed E-state index contributed by atoms with van der Waals surface area (Å²) < 4.78 is 5.32. The van der Waals surface area contributed by atoms with E-state index in [1.807, 2.05) is 24.3 Å². The normalized spacial score (nSPS) is 17.5. The van der Waals surface area contributed by atoms with E-state index >= 15 is 0 Å². The molecule has 1 aliphatic rings. The third-order valence-electron chi connectivity index (χ3n) is 4.06. The number of carbonyl (C=O) groups excluding carboxylic acids is 2. The maximum absolute atomic E-state index is 12.7. The first kappa shape index (κ1) is 16.8. The molecule has 0 bridgehead atoms. The number of benzene rings is 2. The van der Waals surface area contributed by atoms with E-state index in [4.69, 9.17) is 27.9 Å². The molecule has 0 N–H and O–H groups in total. The molecular formula is C18H15Cl2NO3. The number of anilines is 1. The Kier molecular flexibility index (Phi) is 4.78. The van der Waals surface area contributed by atoms with E-state index in [9.17, 15) is 9.59 Å². The summed E-state index contributed by atoms with van der Waals surface area (Å²) in [5, 5.41) is 0.688. The molecule has 3 rings (SSSR count). The summed E-state index contributed by atoms with van der Waals surface area (Å²) in [5.41, 5.74) is 1.35. The van der Waals surface area contributed by atoms with Crippen LogP contribution in [0.5, 0.6) is 5.75 Å². The fourth-order valence-corrected chi connectivity index (χ4v) is 3.18. The maximum atomic E-state index is 12.7. The highest BCUT2D eigenvalue weighted by Gasteiger charge is 2.39. The zero-order valence-corrected chi connectivity index (χ0v) is 14.5. The average molecular weight is 364 g/mol. The number of amides is 2. The van der Waals surface area contributed by atoms with Crippen LogP contribution in [0, 0.1) is 5.92 Å². The van der Waals surface area contributed by atoms with Crippen LogP contribution in [0.3, 0.4) is 0 Å². The fraction of sp³-hybridized carbons (Fsp3) is 0.222. The summed E-state index contributed by atoms with van der Waals surface area (Å²) in [6, 6.07) is 12.2. The van der Waals surface area contributed by atoms with Gasteiger partial charge in [0.2, 0.25) is 11.8 Å². The lowest BCUT2D eigenvalue weighted by atomic mass is 9.97. The van der Waals surface area contributed by atoms with Crippen LogP contribution in [-0.2, 0) is 16.0 Å². The van der Waals surface area contributed by atoms with Gasteiger partial charge in [-0.2, -0.15) is 0 Å². The Morgan fingerprint density at radius 2 is 1.88 bits per heavy atom. The van der Waals surface area contributed by atoms with Crippen LogP contribution in [0.2, 0.25) is 10.0 Å². The summed E-state index contributed by atoms with van der Waals surface area (Å²) in [7, 11) is 1.59. The van der Waals surface area contributed by atoms with Gasteiger partial charge in [0, 0.05) is 6.42 Å². The van der Waals surface area contributed by atoms with Crippen molar-refractivity contribution in [3.63, 3.8) is 0 Å². The summed E-state index contributed by atoms with van der Waals surface area (Å²) in [6.45, 7) is 0.